The summed E-state index contributed by atoms with van der Waals surface area (Å²) in [5.41, 5.74) is 0. The Bertz CT molecular complexity index is 514. The van der Waals surface area contributed by atoms with Crippen LogP contribution in [0.5, 0.6) is 0 Å². The van der Waals surface area contributed by atoms with Gasteiger partial charge in [0.05, 0.1) is 21.1 Å². The van der Waals surface area contributed by atoms with Crippen molar-refractivity contribution < 1.29 is 13.6 Å². The molecule has 1 atom stereocenters. The van der Waals surface area contributed by atoms with E-state index >= 15 is 0 Å². The van der Waals surface area contributed by atoms with Crippen LogP contribution in [0.25, 0.3) is 0 Å². The van der Waals surface area contributed by atoms with Gasteiger partial charge in [-0.05, 0) is 26.2 Å². The molecule has 0 aliphatic heterocycles. The highest BCUT2D eigenvalue weighted by atomic mass is 31.1. The standard InChI is InChI=1S/C28H57NO2P/c1-6-8-9-10-11-12-13-14-15-16-17-18-19-20-21-22-23-24-25-26-27-28(7-2,32(30)31)29(3,4)5/h6,8H,7,9-27H2,1-5H3/q+1. The number of rotatable bonds is 23. The summed E-state index contributed by atoms with van der Waals surface area (Å²) in [6, 6.07) is 0. The summed E-state index contributed by atoms with van der Waals surface area (Å²) in [5, 5.41) is -0.596. The quantitative estimate of drug-likeness (QED) is 0.0644. The van der Waals surface area contributed by atoms with Crippen molar-refractivity contribution in [2.75, 3.05) is 21.1 Å². The zero-order valence-electron chi connectivity index (χ0n) is 22.5. The van der Waals surface area contributed by atoms with Gasteiger partial charge in [-0.25, -0.2) is 9.13 Å². The molecule has 0 N–H and O–H groups in total. The summed E-state index contributed by atoms with van der Waals surface area (Å²) in [5.74, 6) is 0. The first kappa shape index (κ1) is 31.6. The summed E-state index contributed by atoms with van der Waals surface area (Å²) >= 11 is 0. The highest BCUT2D eigenvalue weighted by Crippen LogP contribution is 2.43. The van der Waals surface area contributed by atoms with Crippen molar-refractivity contribution >= 4 is 7.68 Å². The minimum atomic E-state index is -2.41. The zero-order chi connectivity index (χ0) is 24.1. The fourth-order valence-electron chi connectivity index (χ4n) is 4.94. The Morgan fingerprint density at radius 3 is 1.25 bits per heavy atom. The molecule has 0 aliphatic rings. The van der Waals surface area contributed by atoms with E-state index in [1.54, 1.807) is 0 Å². The molecule has 0 aliphatic carbocycles. The molecular weight excluding hydrogens is 413 g/mol. The van der Waals surface area contributed by atoms with Crippen LogP contribution in [0, 0.1) is 0 Å². The average molecular weight is 471 g/mol. The minimum Gasteiger partial charge on any atom is -0.314 e. The van der Waals surface area contributed by atoms with Crippen molar-refractivity contribution in [1.29, 1.82) is 0 Å². The lowest BCUT2D eigenvalue weighted by Gasteiger charge is -2.40. The van der Waals surface area contributed by atoms with E-state index in [1.807, 2.05) is 28.1 Å². The first-order chi connectivity index (χ1) is 15.3. The van der Waals surface area contributed by atoms with E-state index in [0.717, 1.165) is 12.8 Å². The van der Waals surface area contributed by atoms with E-state index in [1.165, 1.54) is 109 Å². The van der Waals surface area contributed by atoms with E-state index in [4.69, 9.17) is 0 Å². The second kappa shape index (κ2) is 20.0. The van der Waals surface area contributed by atoms with Gasteiger partial charge in [-0.2, -0.15) is 0 Å². The Labute approximate surface area is 202 Å². The van der Waals surface area contributed by atoms with Crippen LogP contribution >= 0.6 is 7.68 Å². The van der Waals surface area contributed by atoms with Gasteiger partial charge in [0.2, 0.25) is 5.28 Å². The number of unbranched alkanes of at least 4 members (excludes halogenated alkanes) is 17. The van der Waals surface area contributed by atoms with Crippen molar-refractivity contribution in [2.45, 2.75) is 148 Å². The van der Waals surface area contributed by atoms with Gasteiger partial charge in [0, 0.05) is 12.8 Å². The highest BCUT2D eigenvalue weighted by molar-refractivity contribution is 7.32. The fraction of sp³-hybridized carbons (Fsp3) is 0.929. The lowest BCUT2D eigenvalue weighted by atomic mass is 10.0. The summed E-state index contributed by atoms with van der Waals surface area (Å²) in [6.45, 7) is 4.13. The van der Waals surface area contributed by atoms with Crippen LogP contribution in [0.4, 0.5) is 0 Å². The third kappa shape index (κ3) is 14.7. The molecule has 190 valence electrons. The van der Waals surface area contributed by atoms with Gasteiger partial charge >= 0.3 is 7.68 Å². The predicted molar refractivity (Wildman–Crippen MR) is 142 cm³/mol. The maximum Gasteiger partial charge on any atom is 0.378 e. The first-order valence-corrected chi connectivity index (χ1v) is 15.1. The van der Waals surface area contributed by atoms with Crippen molar-refractivity contribution in [3.8, 4) is 0 Å². The van der Waals surface area contributed by atoms with Crippen molar-refractivity contribution in [2.24, 2.45) is 0 Å². The van der Waals surface area contributed by atoms with E-state index < -0.39 is 13.0 Å². The van der Waals surface area contributed by atoms with E-state index in [9.17, 15) is 9.13 Å². The van der Waals surface area contributed by atoms with Crippen LogP contribution in [0.15, 0.2) is 12.2 Å². The van der Waals surface area contributed by atoms with Gasteiger partial charge in [0.25, 0.3) is 0 Å². The predicted octanol–water partition coefficient (Wildman–Crippen LogP) is 9.96. The molecule has 0 aromatic heterocycles. The van der Waals surface area contributed by atoms with E-state index in [0.29, 0.717) is 10.9 Å². The van der Waals surface area contributed by atoms with Crippen LogP contribution in [-0.2, 0) is 9.13 Å². The average Bonchev–Trinajstić information content (AvgIpc) is 2.74. The number of allylic oxidation sites excluding steroid dienone is 2. The van der Waals surface area contributed by atoms with Crippen molar-refractivity contribution in [3.63, 3.8) is 0 Å². The molecule has 3 nitrogen and oxygen atoms in total. The third-order valence-electron chi connectivity index (χ3n) is 7.34. The Balaban J connectivity index is 3.46. The SMILES string of the molecule is CC=CCCCCCCCCCCCCCCCCCCCC(CC)(P(=O)=O)[N+](C)(C)C. The van der Waals surface area contributed by atoms with Gasteiger partial charge in [-0.1, -0.05) is 115 Å². The molecule has 0 bridgehead atoms. The molecule has 1 unspecified atom stereocenters. The molecule has 0 aromatic carbocycles. The number of quaternary nitrogens is 1. The second-order valence-electron chi connectivity index (χ2n) is 10.7. The summed E-state index contributed by atoms with van der Waals surface area (Å²) < 4.78 is 24.4. The lowest BCUT2D eigenvalue weighted by Crippen LogP contribution is -2.53. The fourth-order valence-corrected chi connectivity index (χ4v) is 6.03. The Hall–Kier alpha value is -0.400. The molecule has 0 aromatic rings. The normalized spacial score (nSPS) is 14.2. The largest absolute Gasteiger partial charge is 0.378 e. The molecule has 0 saturated heterocycles. The molecule has 0 heterocycles. The molecule has 0 amide bonds. The highest BCUT2D eigenvalue weighted by Gasteiger charge is 2.46. The molecule has 0 saturated carbocycles. The van der Waals surface area contributed by atoms with Crippen LogP contribution in [-0.4, -0.2) is 30.9 Å². The summed E-state index contributed by atoms with van der Waals surface area (Å²) in [4.78, 5) is 0. The smallest absolute Gasteiger partial charge is 0.314 e. The van der Waals surface area contributed by atoms with E-state index in [2.05, 4.69) is 19.1 Å². The molecule has 0 radical (unpaired) electrons. The van der Waals surface area contributed by atoms with Crippen LogP contribution < -0.4 is 0 Å². The Morgan fingerprint density at radius 1 is 0.625 bits per heavy atom. The molecule has 0 rings (SSSR count). The molecule has 4 heteroatoms. The van der Waals surface area contributed by atoms with Crippen molar-refractivity contribution in [1.82, 2.24) is 0 Å². The number of hydrogen-bond acceptors (Lipinski definition) is 2. The van der Waals surface area contributed by atoms with Crippen molar-refractivity contribution in [3.05, 3.63) is 12.2 Å². The molecule has 0 spiro atoms. The number of hydrogen-bond donors (Lipinski definition) is 0. The molecular formula is C28H57NO2P+. The van der Waals surface area contributed by atoms with Gasteiger partial charge in [0.15, 0.2) is 0 Å². The van der Waals surface area contributed by atoms with Gasteiger partial charge in [-0.15, -0.1) is 0 Å². The van der Waals surface area contributed by atoms with Crippen LogP contribution in [0.3, 0.4) is 0 Å². The minimum absolute atomic E-state index is 0.513. The zero-order valence-corrected chi connectivity index (χ0v) is 23.4. The summed E-state index contributed by atoms with van der Waals surface area (Å²) in [6.07, 6.45) is 30.2. The monoisotopic (exact) mass is 470 g/mol. The maximum absolute atomic E-state index is 12.0. The lowest BCUT2D eigenvalue weighted by molar-refractivity contribution is -0.908. The van der Waals surface area contributed by atoms with Gasteiger partial charge in [0.1, 0.15) is 0 Å². The van der Waals surface area contributed by atoms with Crippen LogP contribution in [0.1, 0.15) is 142 Å². The topological polar surface area (TPSA) is 34.1 Å². The van der Waals surface area contributed by atoms with Crippen LogP contribution in [0.2, 0.25) is 0 Å². The summed E-state index contributed by atoms with van der Waals surface area (Å²) in [7, 11) is 3.64. The number of nitrogens with zero attached hydrogens (tertiary/aromatic N) is 1. The van der Waals surface area contributed by atoms with Gasteiger partial charge in [-0.3, -0.25) is 0 Å². The van der Waals surface area contributed by atoms with Gasteiger partial charge < -0.3 is 4.48 Å². The second-order valence-corrected chi connectivity index (χ2v) is 12.1. The molecule has 0 fully saturated rings. The first-order valence-electron chi connectivity index (χ1n) is 13.9. The third-order valence-corrected chi connectivity index (χ3v) is 9.16. The maximum atomic E-state index is 12.0. The van der Waals surface area contributed by atoms with E-state index in [-0.39, 0.29) is 0 Å². The Morgan fingerprint density at radius 2 is 0.969 bits per heavy atom. The molecule has 32 heavy (non-hydrogen) atoms. The Kier molecular flexibility index (Phi) is 19.8.